The van der Waals surface area contributed by atoms with Crippen molar-refractivity contribution in [3.63, 3.8) is 0 Å². The van der Waals surface area contributed by atoms with Gasteiger partial charge in [0.15, 0.2) is 0 Å². The molecule has 0 saturated heterocycles. The minimum absolute atomic E-state index is 0.783. The third kappa shape index (κ3) is 3.41. The number of nitrogens with zero attached hydrogens (tertiary/aromatic N) is 1. The molecule has 0 spiro atoms. The quantitative estimate of drug-likeness (QED) is 0.756. The highest BCUT2D eigenvalue weighted by atomic mass is 32.1. The normalized spacial score (nSPS) is 10.3. The van der Waals surface area contributed by atoms with Crippen molar-refractivity contribution in [1.82, 2.24) is 4.98 Å². The predicted molar refractivity (Wildman–Crippen MR) is 87.9 cm³/mol. The molecule has 2 aromatic carbocycles. The summed E-state index contributed by atoms with van der Waals surface area (Å²) in [6.45, 7) is 0.783. The second kappa shape index (κ2) is 6.41. The first-order chi connectivity index (χ1) is 10.3. The highest BCUT2D eigenvalue weighted by Gasteiger charge is 2.01. The monoisotopic (exact) mass is 296 g/mol. The van der Waals surface area contributed by atoms with Gasteiger partial charge in [-0.3, -0.25) is 0 Å². The Bertz CT molecular complexity index is 693. The number of benzene rings is 2. The smallest absolute Gasteiger partial charge is 0.123 e. The first kappa shape index (κ1) is 13.6. The van der Waals surface area contributed by atoms with Gasteiger partial charge in [-0.25, -0.2) is 4.98 Å². The van der Waals surface area contributed by atoms with Gasteiger partial charge in [0.2, 0.25) is 0 Å². The van der Waals surface area contributed by atoms with E-state index < -0.39 is 0 Å². The Kier molecular flexibility index (Phi) is 4.17. The Balaban J connectivity index is 1.68. The van der Waals surface area contributed by atoms with Gasteiger partial charge in [0.1, 0.15) is 10.8 Å². The summed E-state index contributed by atoms with van der Waals surface area (Å²) in [7, 11) is 1.68. The van der Waals surface area contributed by atoms with Crippen LogP contribution in [-0.4, -0.2) is 12.1 Å². The van der Waals surface area contributed by atoms with Crippen LogP contribution in [0.25, 0.3) is 10.6 Å². The van der Waals surface area contributed by atoms with Gasteiger partial charge in [-0.1, -0.05) is 24.3 Å². The van der Waals surface area contributed by atoms with Crippen LogP contribution >= 0.6 is 11.3 Å². The summed E-state index contributed by atoms with van der Waals surface area (Å²) in [5.74, 6) is 0.879. The fourth-order valence-electron chi connectivity index (χ4n) is 2.08. The Morgan fingerprint density at radius 3 is 2.71 bits per heavy atom. The van der Waals surface area contributed by atoms with Crippen LogP contribution in [0.2, 0.25) is 0 Å². The zero-order chi connectivity index (χ0) is 14.5. The number of anilines is 1. The van der Waals surface area contributed by atoms with Gasteiger partial charge in [-0.2, -0.15) is 0 Å². The van der Waals surface area contributed by atoms with E-state index in [4.69, 9.17) is 4.74 Å². The molecule has 0 bridgehead atoms. The van der Waals surface area contributed by atoms with Gasteiger partial charge >= 0.3 is 0 Å². The number of methoxy groups -OCH3 is 1. The van der Waals surface area contributed by atoms with Crippen molar-refractivity contribution in [1.29, 1.82) is 0 Å². The van der Waals surface area contributed by atoms with Crippen LogP contribution in [0.4, 0.5) is 5.69 Å². The molecule has 3 nitrogen and oxygen atoms in total. The van der Waals surface area contributed by atoms with E-state index in [1.54, 1.807) is 18.4 Å². The number of thiazole rings is 1. The molecular formula is C17H16N2OS. The Hall–Kier alpha value is -2.33. The van der Waals surface area contributed by atoms with Crippen LogP contribution < -0.4 is 10.1 Å². The van der Waals surface area contributed by atoms with E-state index in [9.17, 15) is 0 Å². The first-order valence-corrected chi connectivity index (χ1v) is 7.60. The average molecular weight is 296 g/mol. The van der Waals surface area contributed by atoms with Crippen LogP contribution in [0.5, 0.6) is 5.75 Å². The van der Waals surface area contributed by atoms with E-state index in [1.807, 2.05) is 29.8 Å². The highest BCUT2D eigenvalue weighted by Crippen LogP contribution is 2.24. The maximum absolute atomic E-state index is 5.16. The van der Waals surface area contributed by atoms with E-state index in [-0.39, 0.29) is 0 Å². The molecular weight excluding hydrogens is 280 g/mol. The number of nitrogens with one attached hydrogen (secondary N) is 1. The van der Waals surface area contributed by atoms with Crippen molar-refractivity contribution >= 4 is 17.0 Å². The molecule has 0 amide bonds. The second-order valence-electron chi connectivity index (χ2n) is 4.62. The van der Waals surface area contributed by atoms with E-state index in [0.29, 0.717) is 0 Å². The third-order valence-corrected chi connectivity index (χ3v) is 4.02. The van der Waals surface area contributed by atoms with Crippen LogP contribution in [0.15, 0.2) is 60.1 Å². The molecule has 3 aromatic rings. The lowest BCUT2D eigenvalue weighted by Gasteiger charge is -2.08. The summed E-state index contributed by atoms with van der Waals surface area (Å²) in [6.07, 6.45) is 1.83. The predicted octanol–water partition coefficient (Wildman–Crippen LogP) is 4.43. The average Bonchev–Trinajstić information content (AvgIpc) is 3.08. The fraction of sp³-hybridized carbons (Fsp3) is 0.118. The molecule has 21 heavy (non-hydrogen) atoms. The van der Waals surface area contributed by atoms with Crippen molar-refractivity contribution in [3.8, 4) is 16.3 Å². The molecule has 1 heterocycles. The van der Waals surface area contributed by atoms with Crippen molar-refractivity contribution < 1.29 is 4.74 Å². The Labute approximate surface area is 128 Å². The molecule has 1 N–H and O–H groups in total. The Morgan fingerprint density at radius 2 is 2.00 bits per heavy atom. The van der Waals surface area contributed by atoms with E-state index in [2.05, 4.69) is 40.6 Å². The summed E-state index contributed by atoms with van der Waals surface area (Å²) in [5, 5.41) is 6.47. The van der Waals surface area contributed by atoms with Gasteiger partial charge in [0.25, 0.3) is 0 Å². The van der Waals surface area contributed by atoms with Gasteiger partial charge < -0.3 is 10.1 Å². The molecule has 4 heteroatoms. The lowest BCUT2D eigenvalue weighted by Crippen LogP contribution is -1.99. The van der Waals surface area contributed by atoms with Crippen molar-refractivity contribution in [2.45, 2.75) is 6.54 Å². The molecule has 0 saturated carbocycles. The second-order valence-corrected chi connectivity index (χ2v) is 5.51. The van der Waals surface area contributed by atoms with E-state index >= 15 is 0 Å². The van der Waals surface area contributed by atoms with Gasteiger partial charge in [0.05, 0.1) is 7.11 Å². The highest BCUT2D eigenvalue weighted by molar-refractivity contribution is 7.13. The maximum atomic E-state index is 5.16. The molecule has 0 fully saturated rings. The summed E-state index contributed by atoms with van der Waals surface area (Å²) < 4.78 is 5.16. The molecule has 0 atom stereocenters. The summed E-state index contributed by atoms with van der Waals surface area (Å²) >= 11 is 1.65. The lowest BCUT2D eigenvalue weighted by atomic mass is 10.2. The minimum Gasteiger partial charge on any atom is -0.497 e. The maximum Gasteiger partial charge on any atom is 0.123 e. The van der Waals surface area contributed by atoms with Crippen LogP contribution in [0, 0.1) is 0 Å². The molecule has 3 rings (SSSR count). The van der Waals surface area contributed by atoms with E-state index in [0.717, 1.165) is 28.6 Å². The van der Waals surface area contributed by atoms with E-state index in [1.165, 1.54) is 5.56 Å². The molecule has 0 unspecified atom stereocenters. The van der Waals surface area contributed by atoms with Gasteiger partial charge in [-0.15, -0.1) is 11.3 Å². The topological polar surface area (TPSA) is 34.1 Å². The number of hydrogen-bond acceptors (Lipinski definition) is 4. The van der Waals surface area contributed by atoms with Crippen LogP contribution in [0.1, 0.15) is 5.56 Å². The summed E-state index contributed by atoms with van der Waals surface area (Å²) in [5.41, 5.74) is 3.46. The largest absolute Gasteiger partial charge is 0.497 e. The standard InChI is InChI=1S/C17H16N2OS/c1-20-16-7-5-13(6-8-16)12-19-15-4-2-3-14(11-15)17-18-9-10-21-17/h2-11,19H,12H2,1H3. The van der Waals surface area contributed by atoms with Gasteiger partial charge in [-0.05, 0) is 29.8 Å². The van der Waals surface area contributed by atoms with Crippen molar-refractivity contribution in [2.75, 3.05) is 12.4 Å². The molecule has 0 aliphatic rings. The molecule has 0 aliphatic heterocycles. The third-order valence-electron chi connectivity index (χ3n) is 3.20. The SMILES string of the molecule is COc1ccc(CNc2cccc(-c3nccs3)c2)cc1. The molecule has 0 radical (unpaired) electrons. The lowest BCUT2D eigenvalue weighted by molar-refractivity contribution is 0.414. The molecule has 106 valence electrons. The van der Waals surface area contributed by atoms with Gasteiger partial charge in [0, 0.05) is 29.4 Å². The van der Waals surface area contributed by atoms with Crippen molar-refractivity contribution in [2.24, 2.45) is 0 Å². The summed E-state index contributed by atoms with van der Waals surface area (Å²) in [6, 6.07) is 16.4. The minimum atomic E-state index is 0.783. The van der Waals surface area contributed by atoms with Crippen LogP contribution in [0.3, 0.4) is 0 Å². The fourth-order valence-corrected chi connectivity index (χ4v) is 2.71. The zero-order valence-corrected chi connectivity index (χ0v) is 12.6. The number of rotatable bonds is 5. The zero-order valence-electron chi connectivity index (χ0n) is 11.7. The molecule has 1 aromatic heterocycles. The number of aromatic nitrogens is 1. The first-order valence-electron chi connectivity index (χ1n) is 6.72. The van der Waals surface area contributed by atoms with Crippen LogP contribution in [-0.2, 0) is 6.54 Å². The summed E-state index contributed by atoms with van der Waals surface area (Å²) in [4.78, 5) is 4.34. The Morgan fingerprint density at radius 1 is 1.14 bits per heavy atom. The molecule has 0 aliphatic carbocycles. The number of ether oxygens (including phenoxy) is 1. The number of hydrogen-bond donors (Lipinski definition) is 1. The van der Waals surface area contributed by atoms with Crippen molar-refractivity contribution in [3.05, 3.63) is 65.7 Å².